The molecule has 1 heterocycles. The van der Waals surface area contributed by atoms with Gasteiger partial charge < -0.3 is 14.8 Å². The summed E-state index contributed by atoms with van der Waals surface area (Å²) in [4.78, 5) is 0. The summed E-state index contributed by atoms with van der Waals surface area (Å²) in [6, 6.07) is 8.08. The van der Waals surface area contributed by atoms with Crippen LogP contribution in [0.4, 0.5) is 0 Å². The van der Waals surface area contributed by atoms with Gasteiger partial charge in [0.25, 0.3) is 0 Å². The summed E-state index contributed by atoms with van der Waals surface area (Å²) in [5.41, 5.74) is 2.10. The standard InChI is InChI=1S/C16H23N3O2/c1-11(2)21-13-8-6-7-12(9-13)15(17-3)16-14(20-5)10-18-19(16)4/h6-11,15,17H,1-5H3. The van der Waals surface area contributed by atoms with Crippen LogP contribution >= 0.6 is 0 Å². The fraction of sp³-hybridized carbons (Fsp3) is 0.438. The number of nitrogens with one attached hydrogen (secondary N) is 1. The highest BCUT2D eigenvalue weighted by Crippen LogP contribution is 2.30. The molecule has 0 radical (unpaired) electrons. The monoisotopic (exact) mass is 289 g/mol. The van der Waals surface area contributed by atoms with E-state index in [1.54, 1.807) is 13.3 Å². The molecule has 0 bridgehead atoms. The zero-order valence-corrected chi connectivity index (χ0v) is 13.3. The fourth-order valence-corrected chi connectivity index (χ4v) is 2.41. The number of hydrogen-bond acceptors (Lipinski definition) is 4. The van der Waals surface area contributed by atoms with Crippen LogP contribution in [0.5, 0.6) is 11.5 Å². The van der Waals surface area contributed by atoms with Crippen LogP contribution in [0.25, 0.3) is 0 Å². The van der Waals surface area contributed by atoms with E-state index in [0.29, 0.717) is 0 Å². The molecular formula is C16H23N3O2. The average molecular weight is 289 g/mol. The molecule has 1 aromatic heterocycles. The van der Waals surface area contributed by atoms with E-state index < -0.39 is 0 Å². The molecular weight excluding hydrogens is 266 g/mol. The van der Waals surface area contributed by atoms with E-state index in [0.717, 1.165) is 22.8 Å². The first kappa shape index (κ1) is 15.4. The quantitative estimate of drug-likeness (QED) is 0.888. The molecule has 5 nitrogen and oxygen atoms in total. The van der Waals surface area contributed by atoms with Crippen molar-refractivity contribution in [2.45, 2.75) is 26.0 Å². The summed E-state index contributed by atoms with van der Waals surface area (Å²) in [5, 5.41) is 7.59. The van der Waals surface area contributed by atoms with Crippen molar-refractivity contribution in [2.75, 3.05) is 14.2 Å². The van der Waals surface area contributed by atoms with Crippen molar-refractivity contribution in [2.24, 2.45) is 7.05 Å². The van der Waals surface area contributed by atoms with E-state index in [1.165, 1.54) is 0 Å². The Kier molecular flexibility index (Phi) is 4.85. The van der Waals surface area contributed by atoms with E-state index in [9.17, 15) is 0 Å². The predicted molar refractivity (Wildman–Crippen MR) is 82.9 cm³/mol. The number of rotatable bonds is 6. The molecule has 2 rings (SSSR count). The molecule has 5 heteroatoms. The highest BCUT2D eigenvalue weighted by Gasteiger charge is 2.21. The number of methoxy groups -OCH3 is 1. The first-order chi connectivity index (χ1) is 10.1. The zero-order chi connectivity index (χ0) is 15.4. The Bertz CT molecular complexity index is 593. The van der Waals surface area contributed by atoms with Gasteiger partial charge in [-0.25, -0.2) is 0 Å². The van der Waals surface area contributed by atoms with E-state index >= 15 is 0 Å². The van der Waals surface area contributed by atoms with Crippen molar-refractivity contribution in [3.63, 3.8) is 0 Å². The third-order valence-electron chi connectivity index (χ3n) is 3.29. The van der Waals surface area contributed by atoms with E-state index in [-0.39, 0.29) is 12.1 Å². The molecule has 0 saturated carbocycles. The van der Waals surface area contributed by atoms with Crippen LogP contribution < -0.4 is 14.8 Å². The second-order valence-electron chi connectivity index (χ2n) is 5.18. The van der Waals surface area contributed by atoms with Gasteiger partial charge in [0.1, 0.15) is 11.4 Å². The maximum Gasteiger partial charge on any atom is 0.161 e. The third kappa shape index (κ3) is 3.36. The Balaban J connectivity index is 2.39. The van der Waals surface area contributed by atoms with Crippen molar-refractivity contribution in [1.29, 1.82) is 0 Å². The topological polar surface area (TPSA) is 48.3 Å². The van der Waals surface area contributed by atoms with Crippen molar-refractivity contribution in [3.8, 4) is 11.5 Å². The van der Waals surface area contributed by atoms with Crippen LogP contribution in [0.3, 0.4) is 0 Å². The molecule has 1 atom stereocenters. The normalized spacial score (nSPS) is 12.5. The van der Waals surface area contributed by atoms with Crippen LogP contribution in [-0.4, -0.2) is 30.0 Å². The minimum absolute atomic E-state index is 0.0110. The Morgan fingerprint density at radius 1 is 1.29 bits per heavy atom. The number of ether oxygens (including phenoxy) is 2. The summed E-state index contributed by atoms with van der Waals surface area (Å²) in [5.74, 6) is 1.64. The van der Waals surface area contributed by atoms with Crippen LogP contribution in [0.15, 0.2) is 30.5 Å². The van der Waals surface area contributed by atoms with Gasteiger partial charge in [-0.05, 0) is 38.6 Å². The minimum atomic E-state index is -0.0110. The number of hydrogen-bond donors (Lipinski definition) is 1. The summed E-state index contributed by atoms with van der Waals surface area (Å²) in [6.45, 7) is 4.04. The van der Waals surface area contributed by atoms with Gasteiger partial charge in [-0.3, -0.25) is 4.68 Å². The SMILES string of the molecule is CNC(c1cccc(OC(C)C)c1)c1c(OC)cnn1C. The van der Waals surface area contributed by atoms with Gasteiger partial charge in [-0.1, -0.05) is 12.1 Å². The van der Waals surface area contributed by atoms with E-state index in [1.807, 2.05) is 50.8 Å². The second kappa shape index (κ2) is 6.63. The summed E-state index contributed by atoms with van der Waals surface area (Å²) < 4.78 is 13.0. The lowest BCUT2D eigenvalue weighted by Crippen LogP contribution is -2.21. The molecule has 114 valence electrons. The van der Waals surface area contributed by atoms with Crippen molar-refractivity contribution < 1.29 is 9.47 Å². The first-order valence-corrected chi connectivity index (χ1v) is 7.06. The van der Waals surface area contributed by atoms with Gasteiger partial charge in [0, 0.05) is 7.05 Å². The fourth-order valence-electron chi connectivity index (χ4n) is 2.41. The van der Waals surface area contributed by atoms with Gasteiger partial charge >= 0.3 is 0 Å². The van der Waals surface area contributed by atoms with Crippen LogP contribution in [0.1, 0.15) is 31.1 Å². The van der Waals surface area contributed by atoms with Gasteiger partial charge in [-0.2, -0.15) is 5.10 Å². The van der Waals surface area contributed by atoms with Gasteiger partial charge in [0.2, 0.25) is 0 Å². The number of aromatic nitrogens is 2. The maximum absolute atomic E-state index is 5.77. The highest BCUT2D eigenvalue weighted by molar-refractivity contribution is 5.39. The highest BCUT2D eigenvalue weighted by atomic mass is 16.5. The summed E-state index contributed by atoms with van der Waals surface area (Å²) >= 11 is 0. The molecule has 1 unspecified atom stereocenters. The molecule has 0 fully saturated rings. The van der Waals surface area contributed by atoms with Crippen molar-refractivity contribution in [1.82, 2.24) is 15.1 Å². The Labute approximate surface area is 125 Å². The lowest BCUT2D eigenvalue weighted by Gasteiger charge is -2.19. The molecule has 1 aromatic carbocycles. The molecule has 0 aliphatic rings. The molecule has 0 spiro atoms. The predicted octanol–water partition coefficient (Wildman–Crippen LogP) is 2.52. The Hall–Kier alpha value is -2.01. The third-order valence-corrected chi connectivity index (χ3v) is 3.29. The van der Waals surface area contributed by atoms with E-state index in [4.69, 9.17) is 9.47 Å². The van der Waals surface area contributed by atoms with Gasteiger partial charge in [0.05, 0.1) is 25.5 Å². The van der Waals surface area contributed by atoms with Crippen LogP contribution in [0, 0.1) is 0 Å². The Morgan fingerprint density at radius 3 is 2.67 bits per heavy atom. The average Bonchev–Trinajstić information content (AvgIpc) is 2.81. The minimum Gasteiger partial charge on any atom is -0.493 e. The molecule has 0 saturated heterocycles. The maximum atomic E-state index is 5.77. The lowest BCUT2D eigenvalue weighted by molar-refractivity contribution is 0.242. The number of aryl methyl sites for hydroxylation is 1. The molecule has 0 aliphatic carbocycles. The van der Waals surface area contributed by atoms with Crippen LogP contribution in [-0.2, 0) is 7.05 Å². The van der Waals surface area contributed by atoms with Crippen molar-refractivity contribution >= 4 is 0 Å². The van der Waals surface area contributed by atoms with Crippen molar-refractivity contribution in [3.05, 3.63) is 41.7 Å². The number of nitrogens with zero attached hydrogens (tertiary/aromatic N) is 2. The first-order valence-electron chi connectivity index (χ1n) is 7.06. The van der Waals surface area contributed by atoms with Crippen LogP contribution in [0.2, 0.25) is 0 Å². The van der Waals surface area contributed by atoms with E-state index in [2.05, 4.69) is 16.5 Å². The number of benzene rings is 1. The molecule has 21 heavy (non-hydrogen) atoms. The zero-order valence-electron chi connectivity index (χ0n) is 13.3. The molecule has 1 N–H and O–H groups in total. The summed E-state index contributed by atoms with van der Waals surface area (Å²) in [7, 11) is 5.50. The molecule has 0 aliphatic heterocycles. The summed E-state index contributed by atoms with van der Waals surface area (Å²) in [6.07, 6.45) is 1.88. The smallest absolute Gasteiger partial charge is 0.161 e. The second-order valence-corrected chi connectivity index (χ2v) is 5.18. The van der Waals surface area contributed by atoms with Gasteiger partial charge in [-0.15, -0.1) is 0 Å². The van der Waals surface area contributed by atoms with Gasteiger partial charge in [0.15, 0.2) is 5.75 Å². The molecule has 0 amide bonds. The largest absolute Gasteiger partial charge is 0.493 e. The lowest BCUT2D eigenvalue weighted by atomic mass is 10.0. The Morgan fingerprint density at radius 2 is 2.05 bits per heavy atom. The molecule has 2 aromatic rings.